The zero-order valence-corrected chi connectivity index (χ0v) is 17.2. The van der Waals surface area contributed by atoms with Crippen LogP contribution in [0, 0.1) is 5.92 Å². The van der Waals surface area contributed by atoms with Gasteiger partial charge in [0.05, 0.1) is 13.0 Å². The van der Waals surface area contributed by atoms with Gasteiger partial charge in [-0.05, 0) is 17.7 Å². The number of nitrogens with one attached hydrogen (secondary N) is 1. The first-order valence-electron chi connectivity index (χ1n) is 10.2. The van der Waals surface area contributed by atoms with Gasteiger partial charge < -0.3 is 24.4 Å². The molecule has 2 heterocycles. The molecule has 1 fully saturated rings. The fourth-order valence-electron chi connectivity index (χ4n) is 3.81. The Balaban J connectivity index is 1.44. The molecule has 0 spiro atoms. The third kappa shape index (κ3) is 4.63. The highest BCUT2D eigenvalue weighted by Gasteiger charge is 2.37. The smallest absolute Gasteiger partial charge is 0.328 e. The molecular weight excluding hydrogens is 400 g/mol. The van der Waals surface area contributed by atoms with Gasteiger partial charge in [-0.2, -0.15) is 0 Å². The Morgan fingerprint density at radius 2 is 1.87 bits per heavy atom. The zero-order valence-electron chi connectivity index (χ0n) is 17.2. The molecule has 31 heavy (non-hydrogen) atoms. The van der Waals surface area contributed by atoms with E-state index >= 15 is 0 Å². The van der Waals surface area contributed by atoms with Crippen molar-refractivity contribution in [1.29, 1.82) is 0 Å². The van der Waals surface area contributed by atoms with E-state index in [1.54, 1.807) is 23.1 Å². The maximum atomic E-state index is 12.9. The second-order valence-corrected chi connectivity index (χ2v) is 7.51. The summed E-state index contributed by atoms with van der Waals surface area (Å²) in [5.74, 6) is -0.376. The average Bonchev–Trinajstić information content (AvgIpc) is 3.20. The van der Waals surface area contributed by atoms with Crippen molar-refractivity contribution in [1.82, 2.24) is 5.32 Å². The van der Waals surface area contributed by atoms with Crippen LogP contribution in [0.25, 0.3) is 0 Å². The van der Waals surface area contributed by atoms with E-state index < -0.39 is 17.9 Å². The van der Waals surface area contributed by atoms with E-state index in [0.29, 0.717) is 36.8 Å². The van der Waals surface area contributed by atoms with Crippen molar-refractivity contribution in [3.63, 3.8) is 0 Å². The maximum absolute atomic E-state index is 12.9. The fraction of sp³-hybridized carbons (Fsp3) is 0.348. The molecule has 2 aliphatic heterocycles. The van der Waals surface area contributed by atoms with E-state index in [1.165, 1.54) is 7.11 Å². The first-order chi connectivity index (χ1) is 15.0. The normalized spacial score (nSPS) is 18.4. The number of fused-ring (bicyclic) bond motifs is 1. The molecule has 0 bridgehead atoms. The third-order valence-corrected chi connectivity index (χ3v) is 5.42. The Morgan fingerprint density at radius 3 is 2.61 bits per heavy atom. The molecule has 2 aromatic rings. The van der Waals surface area contributed by atoms with Crippen molar-refractivity contribution in [3.8, 4) is 11.5 Å². The van der Waals surface area contributed by atoms with Gasteiger partial charge in [0, 0.05) is 31.1 Å². The summed E-state index contributed by atoms with van der Waals surface area (Å²) in [6, 6.07) is 13.8. The van der Waals surface area contributed by atoms with Crippen LogP contribution in [0.1, 0.15) is 12.0 Å². The molecule has 8 nitrogen and oxygen atoms in total. The Bertz CT molecular complexity index is 977. The second kappa shape index (κ2) is 9.07. The Kier molecular flexibility index (Phi) is 6.06. The lowest BCUT2D eigenvalue weighted by Gasteiger charge is -2.22. The third-order valence-electron chi connectivity index (χ3n) is 5.42. The van der Waals surface area contributed by atoms with Gasteiger partial charge in [0.25, 0.3) is 0 Å². The topological polar surface area (TPSA) is 94.2 Å². The number of rotatable bonds is 6. The number of benzene rings is 2. The van der Waals surface area contributed by atoms with Crippen LogP contribution in [0.3, 0.4) is 0 Å². The number of esters is 1. The molecule has 8 heteroatoms. The van der Waals surface area contributed by atoms with Crippen LogP contribution in [-0.2, 0) is 25.5 Å². The van der Waals surface area contributed by atoms with Crippen LogP contribution in [0.5, 0.6) is 11.5 Å². The van der Waals surface area contributed by atoms with Gasteiger partial charge in [0.15, 0.2) is 11.5 Å². The number of anilines is 1. The first kappa shape index (κ1) is 20.7. The molecule has 0 aliphatic carbocycles. The van der Waals surface area contributed by atoms with Crippen LogP contribution in [0.2, 0.25) is 0 Å². The van der Waals surface area contributed by atoms with Crippen molar-refractivity contribution >= 4 is 23.5 Å². The van der Waals surface area contributed by atoms with Crippen molar-refractivity contribution in [2.45, 2.75) is 18.9 Å². The summed E-state index contributed by atoms with van der Waals surface area (Å²) in [6.07, 6.45) is 0.380. The summed E-state index contributed by atoms with van der Waals surface area (Å²) < 4.78 is 16.0. The van der Waals surface area contributed by atoms with Gasteiger partial charge in [-0.3, -0.25) is 9.59 Å². The lowest BCUT2D eigenvalue weighted by molar-refractivity contribution is -0.145. The van der Waals surface area contributed by atoms with E-state index in [0.717, 1.165) is 5.56 Å². The number of hydrogen-bond acceptors (Lipinski definition) is 6. The monoisotopic (exact) mass is 424 g/mol. The first-order valence-corrected chi connectivity index (χ1v) is 10.2. The molecule has 1 unspecified atom stereocenters. The highest BCUT2D eigenvalue weighted by molar-refractivity contribution is 6.01. The number of carbonyl (C=O) groups is 3. The number of amides is 2. The molecular formula is C23H24N2O6. The average molecular weight is 424 g/mol. The van der Waals surface area contributed by atoms with Gasteiger partial charge in [0.2, 0.25) is 11.8 Å². The summed E-state index contributed by atoms with van der Waals surface area (Å²) in [6.45, 7) is 1.16. The molecule has 0 saturated carbocycles. The minimum absolute atomic E-state index is 0.0690. The number of ether oxygens (including phenoxy) is 3. The van der Waals surface area contributed by atoms with Crippen LogP contribution in [0.15, 0.2) is 48.5 Å². The molecule has 162 valence electrons. The number of methoxy groups -OCH3 is 1. The van der Waals surface area contributed by atoms with Crippen molar-refractivity contribution < 1.29 is 28.6 Å². The highest BCUT2D eigenvalue weighted by atomic mass is 16.6. The van der Waals surface area contributed by atoms with Crippen LogP contribution >= 0.6 is 0 Å². The van der Waals surface area contributed by atoms with E-state index in [-0.39, 0.29) is 24.8 Å². The largest absolute Gasteiger partial charge is 0.486 e. The Labute approximate surface area is 180 Å². The summed E-state index contributed by atoms with van der Waals surface area (Å²) >= 11 is 0. The molecule has 1 N–H and O–H groups in total. The van der Waals surface area contributed by atoms with Crippen molar-refractivity contribution in [3.05, 3.63) is 54.1 Å². The second-order valence-electron chi connectivity index (χ2n) is 7.51. The quantitative estimate of drug-likeness (QED) is 0.710. The van der Waals surface area contributed by atoms with Gasteiger partial charge in [0.1, 0.15) is 19.3 Å². The maximum Gasteiger partial charge on any atom is 0.328 e. The summed E-state index contributed by atoms with van der Waals surface area (Å²) in [4.78, 5) is 39.3. The summed E-state index contributed by atoms with van der Waals surface area (Å²) in [5, 5.41) is 2.76. The molecule has 1 saturated heterocycles. The molecule has 0 radical (unpaired) electrons. The van der Waals surface area contributed by atoms with Gasteiger partial charge in [-0.25, -0.2) is 4.79 Å². The lowest BCUT2D eigenvalue weighted by atomic mass is 10.0. The zero-order chi connectivity index (χ0) is 21.8. The Hall–Kier alpha value is -3.55. The highest BCUT2D eigenvalue weighted by Crippen LogP contribution is 2.36. The molecule has 2 amide bonds. The molecule has 2 aliphatic rings. The molecule has 2 atom stereocenters. The van der Waals surface area contributed by atoms with Gasteiger partial charge in [-0.15, -0.1) is 0 Å². The van der Waals surface area contributed by atoms with Crippen LogP contribution in [0.4, 0.5) is 5.69 Å². The van der Waals surface area contributed by atoms with Crippen LogP contribution < -0.4 is 19.7 Å². The summed E-state index contributed by atoms with van der Waals surface area (Å²) in [7, 11) is 1.29. The summed E-state index contributed by atoms with van der Waals surface area (Å²) in [5.41, 5.74) is 1.55. The Morgan fingerprint density at radius 1 is 1.13 bits per heavy atom. The van der Waals surface area contributed by atoms with Gasteiger partial charge in [-0.1, -0.05) is 30.3 Å². The molecule has 2 aromatic carbocycles. The fourth-order valence-corrected chi connectivity index (χ4v) is 3.81. The molecule has 0 aromatic heterocycles. The minimum atomic E-state index is -0.821. The standard InChI is InChI=1S/C23H24N2O6/c1-29-23(28)18(11-15-5-3-2-4-6-15)24-22(27)16-12-21(26)25(14-16)17-7-8-19-20(13-17)31-10-9-30-19/h2-8,13,16,18H,9-12,14H2,1H3,(H,24,27)/t16?,18-/m0/s1. The number of nitrogens with zero attached hydrogens (tertiary/aromatic N) is 1. The number of carbonyl (C=O) groups excluding carboxylic acids is 3. The minimum Gasteiger partial charge on any atom is -0.486 e. The van der Waals surface area contributed by atoms with Crippen molar-refractivity contribution in [2.75, 3.05) is 31.8 Å². The number of hydrogen-bond donors (Lipinski definition) is 1. The van der Waals surface area contributed by atoms with E-state index in [2.05, 4.69) is 5.32 Å². The van der Waals surface area contributed by atoms with Crippen LogP contribution in [-0.4, -0.2) is 50.7 Å². The van der Waals surface area contributed by atoms with Crippen molar-refractivity contribution in [2.24, 2.45) is 5.92 Å². The lowest BCUT2D eigenvalue weighted by Crippen LogP contribution is -2.46. The SMILES string of the molecule is COC(=O)[C@H](Cc1ccccc1)NC(=O)C1CC(=O)N(c2ccc3c(c2)OCCO3)C1. The predicted molar refractivity (Wildman–Crippen MR) is 112 cm³/mol. The van der Waals surface area contributed by atoms with E-state index in [9.17, 15) is 14.4 Å². The van der Waals surface area contributed by atoms with E-state index in [1.807, 2.05) is 30.3 Å². The predicted octanol–water partition coefficient (Wildman–Crippen LogP) is 1.71. The van der Waals surface area contributed by atoms with Gasteiger partial charge >= 0.3 is 5.97 Å². The van der Waals surface area contributed by atoms with E-state index in [4.69, 9.17) is 14.2 Å². The molecule has 4 rings (SSSR count).